The summed E-state index contributed by atoms with van der Waals surface area (Å²) in [6.07, 6.45) is -1.29. The first-order valence-electron chi connectivity index (χ1n) is 3.97. The van der Waals surface area contributed by atoms with Crippen molar-refractivity contribution < 1.29 is 19.4 Å². The van der Waals surface area contributed by atoms with Gasteiger partial charge in [0.1, 0.15) is 6.10 Å². The van der Waals surface area contributed by atoms with Crippen molar-refractivity contribution in [3.8, 4) is 0 Å². The molecule has 0 radical (unpaired) electrons. The number of hydrogen-bond acceptors (Lipinski definition) is 4. The van der Waals surface area contributed by atoms with Gasteiger partial charge >= 0.3 is 6.09 Å². The second-order valence-electron chi connectivity index (χ2n) is 3.15. The Morgan fingerprint density at radius 2 is 2.42 bits per heavy atom. The van der Waals surface area contributed by atoms with Gasteiger partial charge in [0.05, 0.1) is 12.1 Å². The van der Waals surface area contributed by atoms with Crippen molar-refractivity contribution in [1.82, 2.24) is 5.32 Å². The Labute approximate surface area is 69.6 Å². The lowest BCUT2D eigenvalue weighted by Gasteiger charge is -2.31. The highest BCUT2D eigenvalue weighted by Gasteiger charge is 2.43. The number of fused-ring (bicyclic) bond motifs is 1. The molecule has 2 aliphatic rings. The van der Waals surface area contributed by atoms with Crippen LogP contribution in [-0.2, 0) is 9.47 Å². The van der Waals surface area contributed by atoms with Gasteiger partial charge in [0.15, 0.2) is 6.29 Å². The third-order valence-electron chi connectivity index (χ3n) is 2.23. The topological polar surface area (TPSA) is 67.8 Å². The fraction of sp³-hybridized carbons (Fsp3) is 0.857. The van der Waals surface area contributed by atoms with E-state index >= 15 is 0 Å². The summed E-state index contributed by atoms with van der Waals surface area (Å²) in [5.74, 6) is 0. The number of amides is 1. The van der Waals surface area contributed by atoms with Crippen LogP contribution in [0.25, 0.3) is 0 Å². The Morgan fingerprint density at radius 3 is 3.17 bits per heavy atom. The van der Waals surface area contributed by atoms with Crippen molar-refractivity contribution >= 4 is 6.09 Å². The van der Waals surface area contributed by atoms with Crippen LogP contribution in [0.1, 0.15) is 13.3 Å². The Morgan fingerprint density at radius 1 is 1.67 bits per heavy atom. The average molecular weight is 173 g/mol. The van der Waals surface area contributed by atoms with E-state index in [2.05, 4.69) is 5.32 Å². The number of nitrogens with one attached hydrogen (secondary N) is 1. The van der Waals surface area contributed by atoms with E-state index < -0.39 is 12.4 Å². The first-order chi connectivity index (χ1) is 5.66. The minimum absolute atomic E-state index is 0.101. The van der Waals surface area contributed by atoms with E-state index in [9.17, 15) is 9.90 Å². The molecule has 0 aromatic rings. The molecule has 2 saturated heterocycles. The first-order valence-corrected chi connectivity index (χ1v) is 3.97. The van der Waals surface area contributed by atoms with Gasteiger partial charge in [-0.1, -0.05) is 0 Å². The average Bonchev–Trinajstić information content (AvgIpc) is 2.29. The molecule has 5 nitrogen and oxygen atoms in total. The maximum absolute atomic E-state index is 10.8. The number of hydrogen-bond donors (Lipinski definition) is 2. The van der Waals surface area contributed by atoms with Crippen molar-refractivity contribution in [2.45, 2.75) is 37.9 Å². The summed E-state index contributed by atoms with van der Waals surface area (Å²) in [4.78, 5) is 10.8. The summed E-state index contributed by atoms with van der Waals surface area (Å²) in [6, 6.07) is -0.101. The third-order valence-corrected chi connectivity index (χ3v) is 2.23. The summed E-state index contributed by atoms with van der Waals surface area (Å²) < 4.78 is 10.0. The summed E-state index contributed by atoms with van der Waals surface area (Å²) >= 11 is 0. The van der Waals surface area contributed by atoms with Gasteiger partial charge in [0.2, 0.25) is 0 Å². The highest BCUT2D eigenvalue weighted by molar-refractivity contribution is 5.70. The van der Waals surface area contributed by atoms with E-state index in [-0.39, 0.29) is 18.2 Å². The number of aliphatic hydroxyl groups is 1. The third kappa shape index (κ3) is 1.15. The number of alkyl carbamates (subject to hydrolysis) is 1. The molecular weight excluding hydrogens is 162 g/mol. The van der Waals surface area contributed by atoms with Gasteiger partial charge in [0, 0.05) is 6.42 Å². The van der Waals surface area contributed by atoms with Gasteiger partial charge in [-0.15, -0.1) is 0 Å². The van der Waals surface area contributed by atoms with E-state index in [0.717, 1.165) is 0 Å². The number of aliphatic hydroxyl groups excluding tert-OH is 1. The maximum Gasteiger partial charge on any atom is 0.407 e. The Balaban J connectivity index is 2.10. The molecule has 0 aromatic heterocycles. The molecule has 0 spiro atoms. The second kappa shape index (κ2) is 2.60. The van der Waals surface area contributed by atoms with Gasteiger partial charge in [-0.3, -0.25) is 0 Å². The highest BCUT2D eigenvalue weighted by Crippen LogP contribution is 2.25. The van der Waals surface area contributed by atoms with Crippen molar-refractivity contribution in [1.29, 1.82) is 0 Å². The molecule has 0 aliphatic carbocycles. The van der Waals surface area contributed by atoms with Gasteiger partial charge in [-0.2, -0.15) is 0 Å². The normalized spacial score (nSPS) is 46.3. The summed E-state index contributed by atoms with van der Waals surface area (Å²) in [6.45, 7) is 1.78. The fourth-order valence-electron chi connectivity index (χ4n) is 1.69. The molecule has 0 bridgehead atoms. The second-order valence-corrected chi connectivity index (χ2v) is 3.15. The standard InChI is InChI=1S/C7H11NO4/c1-3-6-4(2-5(9)11-3)8-7(10)12-6/h3-6,9H,2H2,1H3,(H,8,10)/t3-,4+,5?,6-/m0/s1. The van der Waals surface area contributed by atoms with Gasteiger partial charge in [-0.05, 0) is 6.92 Å². The zero-order valence-corrected chi connectivity index (χ0v) is 6.69. The van der Waals surface area contributed by atoms with Crippen LogP contribution in [0.2, 0.25) is 0 Å². The van der Waals surface area contributed by atoms with Crippen molar-refractivity contribution in [2.75, 3.05) is 0 Å². The zero-order valence-electron chi connectivity index (χ0n) is 6.69. The van der Waals surface area contributed by atoms with E-state index in [1.165, 1.54) is 0 Å². The molecule has 68 valence electrons. The predicted octanol–water partition coefficient (Wildman–Crippen LogP) is -0.409. The van der Waals surface area contributed by atoms with E-state index in [4.69, 9.17) is 9.47 Å². The highest BCUT2D eigenvalue weighted by atomic mass is 16.6. The molecule has 2 rings (SSSR count). The Hall–Kier alpha value is -0.810. The first kappa shape index (κ1) is 7.82. The number of rotatable bonds is 0. The molecule has 5 heteroatoms. The molecule has 4 atom stereocenters. The lowest BCUT2D eigenvalue weighted by molar-refractivity contribution is -0.190. The number of ether oxygens (including phenoxy) is 2. The predicted molar refractivity (Wildman–Crippen MR) is 38.4 cm³/mol. The molecule has 0 aromatic carbocycles. The molecule has 2 heterocycles. The van der Waals surface area contributed by atoms with E-state index in [0.29, 0.717) is 6.42 Å². The maximum atomic E-state index is 10.8. The van der Waals surface area contributed by atoms with Gasteiger partial charge < -0.3 is 19.9 Å². The fourth-order valence-corrected chi connectivity index (χ4v) is 1.69. The SMILES string of the molecule is C[C@@H]1OC(O)C[C@H]2NC(=O)O[C@@H]12. The molecule has 1 amide bonds. The molecule has 2 aliphatic heterocycles. The molecule has 2 N–H and O–H groups in total. The summed E-state index contributed by atoms with van der Waals surface area (Å²) in [7, 11) is 0. The summed E-state index contributed by atoms with van der Waals surface area (Å²) in [5.41, 5.74) is 0. The molecule has 2 fully saturated rings. The Kier molecular flexibility index (Phi) is 1.69. The van der Waals surface area contributed by atoms with E-state index in [1.807, 2.05) is 0 Å². The zero-order chi connectivity index (χ0) is 8.72. The van der Waals surface area contributed by atoms with Crippen LogP contribution in [0.5, 0.6) is 0 Å². The van der Waals surface area contributed by atoms with Crippen molar-refractivity contribution in [3.05, 3.63) is 0 Å². The lowest BCUT2D eigenvalue weighted by Crippen LogP contribution is -2.48. The van der Waals surface area contributed by atoms with Crippen LogP contribution in [0.3, 0.4) is 0 Å². The van der Waals surface area contributed by atoms with Gasteiger partial charge in [0.25, 0.3) is 0 Å². The molecular formula is C7H11NO4. The monoisotopic (exact) mass is 173 g/mol. The molecule has 12 heavy (non-hydrogen) atoms. The smallest absolute Gasteiger partial charge is 0.407 e. The summed E-state index contributed by atoms with van der Waals surface area (Å²) in [5, 5.41) is 11.8. The largest absolute Gasteiger partial charge is 0.441 e. The number of carbonyl (C=O) groups excluding carboxylic acids is 1. The molecule has 1 unspecified atom stereocenters. The molecule has 0 saturated carbocycles. The Bertz CT molecular complexity index is 208. The van der Waals surface area contributed by atoms with Crippen LogP contribution in [0.4, 0.5) is 4.79 Å². The van der Waals surface area contributed by atoms with Crippen LogP contribution >= 0.6 is 0 Å². The van der Waals surface area contributed by atoms with Crippen molar-refractivity contribution in [2.24, 2.45) is 0 Å². The van der Waals surface area contributed by atoms with E-state index in [1.54, 1.807) is 6.92 Å². The van der Waals surface area contributed by atoms with Crippen molar-refractivity contribution in [3.63, 3.8) is 0 Å². The van der Waals surface area contributed by atoms with Crippen LogP contribution in [-0.4, -0.2) is 35.7 Å². The number of carbonyl (C=O) groups is 1. The minimum Gasteiger partial charge on any atom is -0.441 e. The van der Waals surface area contributed by atoms with Crippen LogP contribution < -0.4 is 5.32 Å². The lowest BCUT2D eigenvalue weighted by atomic mass is 10.0. The quantitative estimate of drug-likeness (QED) is 0.522. The van der Waals surface area contributed by atoms with Crippen LogP contribution in [0.15, 0.2) is 0 Å². The van der Waals surface area contributed by atoms with Gasteiger partial charge in [-0.25, -0.2) is 4.79 Å². The minimum atomic E-state index is -0.789. The van der Waals surface area contributed by atoms with Crippen LogP contribution in [0, 0.1) is 0 Å².